The van der Waals surface area contributed by atoms with Gasteiger partial charge in [0.1, 0.15) is 5.75 Å². The zero-order chi connectivity index (χ0) is 16.8. The number of hydrogen-bond donors (Lipinski definition) is 1. The van der Waals surface area contributed by atoms with Crippen LogP contribution in [-0.4, -0.2) is 22.7 Å². The van der Waals surface area contributed by atoms with Crippen LogP contribution >= 0.6 is 0 Å². The molecule has 6 nitrogen and oxygen atoms in total. The van der Waals surface area contributed by atoms with Crippen LogP contribution in [0.2, 0.25) is 0 Å². The molecule has 6 heteroatoms. The Kier molecular flexibility index (Phi) is 4.86. The van der Waals surface area contributed by atoms with Crippen LogP contribution < -0.4 is 10.1 Å². The zero-order valence-corrected chi connectivity index (χ0v) is 13.2. The van der Waals surface area contributed by atoms with Crippen molar-refractivity contribution in [3.63, 3.8) is 0 Å². The fraction of sp³-hybridized carbons (Fsp3) is 0.167. The number of rotatable bonds is 6. The SMILES string of the molecule is CCc1nnc(-c2ccc(OCC(=O)Nc3ccccc3)cc2)o1. The van der Waals surface area contributed by atoms with Crippen LogP contribution in [0.4, 0.5) is 5.69 Å². The fourth-order valence-corrected chi connectivity index (χ4v) is 2.07. The van der Waals surface area contributed by atoms with Gasteiger partial charge in [-0.2, -0.15) is 0 Å². The van der Waals surface area contributed by atoms with Crippen molar-refractivity contribution in [1.82, 2.24) is 10.2 Å². The van der Waals surface area contributed by atoms with Gasteiger partial charge in [0.25, 0.3) is 5.91 Å². The summed E-state index contributed by atoms with van der Waals surface area (Å²) in [6.45, 7) is 1.89. The Labute approximate surface area is 139 Å². The maximum atomic E-state index is 11.8. The van der Waals surface area contributed by atoms with Crippen LogP contribution in [-0.2, 0) is 11.2 Å². The summed E-state index contributed by atoms with van der Waals surface area (Å²) in [7, 11) is 0. The number of amides is 1. The number of hydrogen-bond acceptors (Lipinski definition) is 5. The van der Waals surface area contributed by atoms with Gasteiger partial charge in [0.2, 0.25) is 11.8 Å². The van der Waals surface area contributed by atoms with Crippen LogP contribution in [0.25, 0.3) is 11.5 Å². The first-order valence-corrected chi connectivity index (χ1v) is 7.65. The van der Waals surface area contributed by atoms with E-state index in [1.165, 1.54) is 0 Å². The van der Waals surface area contributed by atoms with Crippen LogP contribution in [0.3, 0.4) is 0 Å². The zero-order valence-electron chi connectivity index (χ0n) is 13.2. The lowest BCUT2D eigenvalue weighted by Gasteiger charge is -2.07. The molecule has 1 heterocycles. The second kappa shape index (κ2) is 7.41. The molecule has 0 aliphatic heterocycles. The Morgan fingerprint density at radius 1 is 1.08 bits per heavy atom. The van der Waals surface area contributed by atoms with Crippen molar-refractivity contribution in [2.75, 3.05) is 11.9 Å². The van der Waals surface area contributed by atoms with Crippen LogP contribution in [0, 0.1) is 0 Å². The first-order chi connectivity index (χ1) is 11.7. The maximum Gasteiger partial charge on any atom is 0.262 e. The molecule has 2 aromatic carbocycles. The summed E-state index contributed by atoms with van der Waals surface area (Å²) in [5.74, 6) is 1.45. The predicted molar refractivity (Wildman–Crippen MR) is 89.7 cm³/mol. The lowest BCUT2D eigenvalue weighted by atomic mass is 10.2. The Bertz CT molecular complexity index is 798. The number of aryl methyl sites for hydroxylation is 1. The lowest BCUT2D eigenvalue weighted by Crippen LogP contribution is -2.20. The number of carbonyl (C=O) groups excluding carboxylic acids is 1. The fourth-order valence-electron chi connectivity index (χ4n) is 2.07. The topological polar surface area (TPSA) is 77.2 Å². The van der Waals surface area contributed by atoms with E-state index in [0.29, 0.717) is 24.0 Å². The monoisotopic (exact) mass is 323 g/mol. The molecule has 3 rings (SSSR count). The van der Waals surface area contributed by atoms with E-state index >= 15 is 0 Å². The highest BCUT2D eigenvalue weighted by molar-refractivity contribution is 5.91. The molecule has 0 saturated carbocycles. The first kappa shape index (κ1) is 15.7. The third-order valence-electron chi connectivity index (χ3n) is 3.30. The van der Waals surface area contributed by atoms with E-state index in [2.05, 4.69) is 15.5 Å². The number of ether oxygens (including phenoxy) is 1. The minimum absolute atomic E-state index is 0.0607. The number of anilines is 1. The summed E-state index contributed by atoms with van der Waals surface area (Å²) < 4.78 is 11.0. The highest BCUT2D eigenvalue weighted by Gasteiger charge is 2.08. The molecule has 3 aromatic rings. The van der Waals surface area contributed by atoms with Gasteiger partial charge in [0.15, 0.2) is 6.61 Å². The third-order valence-corrected chi connectivity index (χ3v) is 3.30. The molecule has 0 fully saturated rings. The Hall–Kier alpha value is -3.15. The minimum atomic E-state index is -0.213. The molecule has 0 atom stereocenters. The van der Waals surface area contributed by atoms with Gasteiger partial charge in [0, 0.05) is 17.7 Å². The molecule has 0 spiro atoms. The number of para-hydroxylation sites is 1. The molecule has 0 bridgehead atoms. The molecular formula is C18H17N3O3. The summed E-state index contributed by atoms with van der Waals surface area (Å²) in [6.07, 6.45) is 0.699. The number of nitrogens with one attached hydrogen (secondary N) is 1. The van der Waals surface area contributed by atoms with E-state index in [4.69, 9.17) is 9.15 Å². The predicted octanol–water partition coefficient (Wildman–Crippen LogP) is 3.32. The van der Waals surface area contributed by atoms with E-state index in [-0.39, 0.29) is 12.5 Å². The Morgan fingerprint density at radius 3 is 2.50 bits per heavy atom. The Morgan fingerprint density at radius 2 is 1.83 bits per heavy atom. The molecule has 1 amide bonds. The lowest BCUT2D eigenvalue weighted by molar-refractivity contribution is -0.118. The largest absolute Gasteiger partial charge is 0.484 e. The quantitative estimate of drug-likeness (QED) is 0.753. The summed E-state index contributed by atoms with van der Waals surface area (Å²) in [4.78, 5) is 11.8. The molecular weight excluding hydrogens is 306 g/mol. The normalized spacial score (nSPS) is 10.4. The first-order valence-electron chi connectivity index (χ1n) is 7.65. The third kappa shape index (κ3) is 3.98. The van der Waals surface area contributed by atoms with Gasteiger partial charge in [-0.05, 0) is 36.4 Å². The maximum absolute atomic E-state index is 11.8. The molecule has 0 aliphatic carbocycles. The summed E-state index contributed by atoms with van der Waals surface area (Å²) >= 11 is 0. The van der Waals surface area contributed by atoms with E-state index in [0.717, 1.165) is 11.3 Å². The smallest absolute Gasteiger partial charge is 0.262 e. The average molecular weight is 323 g/mol. The number of benzene rings is 2. The molecule has 24 heavy (non-hydrogen) atoms. The van der Waals surface area contributed by atoms with Gasteiger partial charge < -0.3 is 14.5 Å². The van der Waals surface area contributed by atoms with E-state index in [9.17, 15) is 4.79 Å². The van der Waals surface area contributed by atoms with Crippen molar-refractivity contribution in [2.45, 2.75) is 13.3 Å². The second-order valence-corrected chi connectivity index (χ2v) is 5.08. The number of aromatic nitrogens is 2. The van der Waals surface area contributed by atoms with Crippen LogP contribution in [0.1, 0.15) is 12.8 Å². The summed E-state index contributed by atoms with van der Waals surface area (Å²) in [6, 6.07) is 16.4. The summed E-state index contributed by atoms with van der Waals surface area (Å²) in [5.41, 5.74) is 1.55. The summed E-state index contributed by atoms with van der Waals surface area (Å²) in [5, 5.41) is 10.7. The van der Waals surface area contributed by atoms with Crippen LogP contribution in [0.5, 0.6) is 5.75 Å². The van der Waals surface area contributed by atoms with Crippen molar-refractivity contribution in [1.29, 1.82) is 0 Å². The standard InChI is InChI=1S/C18H17N3O3/c1-2-17-20-21-18(24-17)13-8-10-15(11-9-13)23-12-16(22)19-14-6-4-3-5-7-14/h3-11H,2,12H2,1H3,(H,19,22). The number of carbonyl (C=O) groups is 1. The van der Waals surface area contributed by atoms with Crippen molar-refractivity contribution in [3.8, 4) is 17.2 Å². The van der Waals surface area contributed by atoms with Crippen molar-refractivity contribution in [3.05, 3.63) is 60.5 Å². The van der Waals surface area contributed by atoms with Gasteiger partial charge in [-0.1, -0.05) is 25.1 Å². The molecule has 1 aromatic heterocycles. The second-order valence-electron chi connectivity index (χ2n) is 5.08. The van der Waals surface area contributed by atoms with Crippen LogP contribution in [0.15, 0.2) is 59.0 Å². The van der Waals surface area contributed by atoms with Gasteiger partial charge in [0.05, 0.1) is 0 Å². The van der Waals surface area contributed by atoms with Crippen molar-refractivity contribution >= 4 is 11.6 Å². The van der Waals surface area contributed by atoms with Crippen molar-refractivity contribution < 1.29 is 13.9 Å². The highest BCUT2D eigenvalue weighted by Crippen LogP contribution is 2.21. The van der Waals surface area contributed by atoms with E-state index in [1.54, 1.807) is 12.1 Å². The van der Waals surface area contributed by atoms with Gasteiger partial charge >= 0.3 is 0 Å². The number of nitrogens with zero attached hydrogens (tertiary/aromatic N) is 2. The van der Waals surface area contributed by atoms with Gasteiger partial charge in [-0.15, -0.1) is 10.2 Å². The molecule has 1 N–H and O–H groups in total. The van der Waals surface area contributed by atoms with Gasteiger partial charge in [-0.25, -0.2) is 0 Å². The van der Waals surface area contributed by atoms with Gasteiger partial charge in [-0.3, -0.25) is 4.79 Å². The molecule has 0 saturated heterocycles. The van der Waals surface area contributed by atoms with E-state index < -0.39 is 0 Å². The highest BCUT2D eigenvalue weighted by atomic mass is 16.5. The van der Waals surface area contributed by atoms with Crippen molar-refractivity contribution in [2.24, 2.45) is 0 Å². The molecule has 122 valence electrons. The Balaban J connectivity index is 1.55. The minimum Gasteiger partial charge on any atom is -0.484 e. The molecule has 0 unspecified atom stereocenters. The molecule has 0 aliphatic rings. The molecule has 0 radical (unpaired) electrons. The van der Waals surface area contributed by atoms with E-state index in [1.807, 2.05) is 49.4 Å². The average Bonchev–Trinajstić information content (AvgIpc) is 3.10.